The molecule has 36 heavy (non-hydrogen) atoms. The van der Waals surface area contributed by atoms with Crippen molar-refractivity contribution in [1.82, 2.24) is 10.4 Å². The molecule has 0 radical (unpaired) electrons. The van der Waals surface area contributed by atoms with Gasteiger partial charge in [-0.1, -0.05) is 41.9 Å². The molecule has 1 aromatic heterocycles. The molecule has 182 valence electrons. The van der Waals surface area contributed by atoms with E-state index < -0.39 is 17.6 Å². The fourth-order valence-electron chi connectivity index (χ4n) is 3.15. The second kappa shape index (κ2) is 11.8. The molecule has 0 aliphatic rings. The number of nitrogens with one attached hydrogen (secondary N) is 2. The van der Waals surface area contributed by atoms with Gasteiger partial charge >= 0.3 is 0 Å². The van der Waals surface area contributed by atoms with Crippen LogP contribution in [0, 0.1) is 5.82 Å². The van der Waals surface area contributed by atoms with Crippen LogP contribution in [0.25, 0.3) is 10.9 Å². The molecule has 0 bridgehead atoms. The van der Waals surface area contributed by atoms with Crippen molar-refractivity contribution in [1.29, 1.82) is 0 Å². The summed E-state index contributed by atoms with van der Waals surface area (Å²) in [5, 5.41) is 7.46. The summed E-state index contributed by atoms with van der Waals surface area (Å²) in [6.07, 6.45) is 3.06. The quantitative estimate of drug-likeness (QED) is 0.256. The van der Waals surface area contributed by atoms with Crippen LogP contribution in [0.1, 0.15) is 5.56 Å². The summed E-state index contributed by atoms with van der Waals surface area (Å²) >= 11 is 6.21. The third-order valence-corrected chi connectivity index (χ3v) is 5.12. The Balaban J connectivity index is 1.25. The number of hydrazone groups is 1. The van der Waals surface area contributed by atoms with Crippen molar-refractivity contribution in [3.8, 4) is 11.5 Å². The number of para-hydroxylation sites is 2. The smallest absolute Gasteiger partial charge is 0.277 e. The van der Waals surface area contributed by atoms with Crippen molar-refractivity contribution in [2.24, 2.45) is 5.10 Å². The van der Waals surface area contributed by atoms with Crippen LogP contribution in [0.4, 0.5) is 10.1 Å². The van der Waals surface area contributed by atoms with E-state index in [-0.39, 0.29) is 29.7 Å². The number of anilines is 1. The van der Waals surface area contributed by atoms with E-state index in [4.69, 9.17) is 21.1 Å². The molecule has 0 spiro atoms. The van der Waals surface area contributed by atoms with Crippen molar-refractivity contribution in [2.45, 2.75) is 0 Å². The van der Waals surface area contributed by atoms with Gasteiger partial charge in [-0.05, 0) is 48.0 Å². The molecule has 3 aromatic carbocycles. The Morgan fingerprint density at radius 3 is 2.56 bits per heavy atom. The highest BCUT2D eigenvalue weighted by Crippen LogP contribution is 2.25. The van der Waals surface area contributed by atoms with E-state index in [0.29, 0.717) is 16.8 Å². The molecule has 1 heterocycles. The van der Waals surface area contributed by atoms with Crippen LogP contribution in [0.2, 0.25) is 5.02 Å². The molecule has 2 amide bonds. The van der Waals surface area contributed by atoms with Crippen LogP contribution in [0.3, 0.4) is 0 Å². The third-order valence-electron chi connectivity index (χ3n) is 4.82. The summed E-state index contributed by atoms with van der Waals surface area (Å²) in [6.45, 7) is -0.598. The van der Waals surface area contributed by atoms with E-state index in [1.54, 1.807) is 36.5 Å². The summed E-state index contributed by atoms with van der Waals surface area (Å²) in [5.74, 6) is -0.773. The molecule has 4 rings (SSSR count). The zero-order chi connectivity index (χ0) is 25.3. The fraction of sp³-hybridized carbons (Fsp3) is 0.0769. The summed E-state index contributed by atoms with van der Waals surface area (Å²) in [7, 11) is 0. The molecule has 0 fully saturated rings. The van der Waals surface area contributed by atoms with Gasteiger partial charge in [0.15, 0.2) is 13.2 Å². The maximum atomic E-state index is 13.6. The van der Waals surface area contributed by atoms with Crippen molar-refractivity contribution in [3.05, 3.63) is 95.4 Å². The Kier molecular flexibility index (Phi) is 8.05. The predicted molar refractivity (Wildman–Crippen MR) is 135 cm³/mol. The number of halogens is 2. The second-order valence-corrected chi connectivity index (χ2v) is 7.83. The van der Waals surface area contributed by atoms with Crippen LogP contribution in [-0.2, 0) is 9.59 Å². The van der Waals surface area contributed by atoms with E-state index >= 15 is 0 Å². The first-order chi connectivity index (χ1) is 17.5. The molecule has 0 unspecified atom stereocenters. The molecule has 0 saturated heterocycles. The number of ether oxygens (including phenoxy) is 2. The Labute approximate surface area is 210 Å². The topological polar surface area (TPSA) is 102 Å². The number of nitrogens with zero attached hydrogens (tertiary/aromatic N) is 2. The molecule has 2 N–H and O–H groups in total. The van der Waals surface area contributed by atoms with E-state index in [0.717, 1.165) is 5.39 Å². The van der Waals surface area contributed by atoms with Crippen LogP contribution in [-0.4, -0.2) is 36.2 Å². The Morgan fingerprint density at radius 2 is 1.72 bits per heavy atom. The lowest BCUT2D eigenvalue weighted by atomic mass is 10.2. The molecule has 0 saturated carbocycles. The highest BCUT2D eigenvalue weighted by atomic mass is 35.5. The monoisotopic (exact) mass is 506 g/mol. The third kappa shape index (κ3) is 6.55. The summed E-state index contributed by atoms with van der Waals surface area (Å²) in [4.78, 5) is 28.4. The molecule has 0 atom stereocenters. The minimum absolute atomic E-state index is 0.0602. The van der Waals surface area contributed by atoms with E-state index in [9.17, 15) is 14.0 Å². The average molecular weight is 507 g/mol. The Morgan fingerprint density at radius 1 is 0.944 bits per heavy atom. The van der Waals surface area contributed by atoms with Crippen LogP contribution in [0.5, 0.6) is 11.5 Å². The summed E-state index contributed by atoms with van der Waals surface area (Å²) in [6, 6.07) is 19.8. The number of pyridine rings is 1. The first-order valence-corrected chi connectivity index (χ1v) is 11.1. The minimum atomic E-state index is -0.545. The number of amides is 2. The first-order valence-electron chi connectivity index (χ1n) is 10.7. The highest BCUT2D eigenvalue weighted by Gasteiger charge is 2.10. The van der Waals surface area contributed by atoms with E-state index in [1.807, 2.05) is 24.3 Å². The van der Waals surface area contributed by atoms with Crippen molar-refractivity contribution >= 4 is 46.2 Å². The maximum Gasteiger partial charge on any atom is 0.277 e. The van der Waals surface area contributed by atoms with Gasteiger partial charge < -0.3 is 14.8 Å². The van der Waals surface area contributed by atoms with Crippen molar-refractivity contribution < 1.29 is 23.5 Å². The number of benzene rings is 3. The molecular formula is C26H20ClFN4O4. The van der Waals surface area contributed by atoms with Gasteiger partial charge in [-0.15, -0.1) is 0 Å². The second-order valence-electron chi connectivity index (χ2n) is 7.42. The predicted octanol–water partition coefficient (Wildman–Crippen LogP) is 4.57. The summed E-state index contributed by atoms with van der Waals surface area (Å²) < 4.78 is 24.6. The number of hydrogen-bond donors (Lipinski definition) is 2. The Bertz CT molecular complexity index is 1420. The van der Waals surface area contributed by atoms with Crippen LogP contribution in [0.15, 0.2) is 84.1 Å². The van der Waals surface area contributed by atoms with Gasteiger partial charge in [-0.2, -0.15) is 5.10 Å². The molecule has 8 nitrogen and oxygen atoms in total. The first kappa shape index (κ1) is 24.6. The van der Waals surface area contributed by atoms with Crippen molar-refractivity contribution in [2.75, 3.05) is 18.5 Å². The van der Waals surface area contributed by atoms with Crippen LogP contribution < -0.4 is 20.2 Å². The van der Waals surface area contributed by atoms with Crippen molar-refractivity contribution in [3.63, 3.8) is 0 Å². The van der Waals surface area contributed by atoms with Gasteiger partial charge in [0.1, 0.15) is 22.8 Å². The van der Waals surface area contributed by atoms with Gasteiger partial charge in [0, 0.05) is 11.6 Å². The number of rotatable bonds is 9. The molecular weight excluding hydrogens is 487 g/mol. The van der Waals surface area contributed by atoms with E-state index in [1.165, 1.54) is 24.4 Å². The summed E-state index contributed by atoms with van der Waals surface area (Å²) in [5.41, 5.74) is 3.69. The minimum Gasteiger partial charge on any atom is -0.482 e. The SMILES string of the molecule is O=C(COc1cccc2cccnc12)N/N=C\c1ccc(OCC(=O)Nc2ccccc2F)c(Cl)c1. The average Bonchev–Trinajstić information content (AvgIpc) is 2.88. The lowest BCUT2D eigenvalue weighted by Crippen LogP contribution is -2.24. The zero-order valence-electron chi connectivity index (χ0n) is 18.8. The highest BCUT2D eigenvalue weighted by molar-refractivity contribution is 6.32. The van der Waals surface area contributed by atoms with Gasteiger partial charge in [0.25, 0.3) is 11.8 Å². The fourth-order valence-corrected chi connectivity index (χ4v) is 3.40. The molecule has 10 heteroatoms. The molecule has 4 aromatic rings. The lowest BCUT2D eigenvalue weighted by molar-refractivity contribution is -0.123. The van der Waals surface area contributed by atoms with Gasteiger partial charge in [-0.3, -0.25) is 14.6 Å². The number of aromatic nitrogens is 1. The van der Waals surface area contributed by atoms with Gasteiger partial charge in [0.2, 0.25) is 0 Å². The largest absolute Gasteiger partial charge is 0.482 e. The maximum absolute atomic E-state index is 13.6. The molecule has 0 aliphatic heterocycles. The zero-order valence-corrected chi connectivity index (χ0v) is 19.5. The number of carbonyl (C=O) groups is 2. The number of fused-ring (bicyclic) bond motifs is 1. The lowest BCUT2D eigenvalue weighted by Gasteiger charge is -2.10. The Hall–Kier alpha value is -4.50. The number of hydrogen-bond acceptors (Lipinski definition) is 6. The normalized spacial score (nSPS) is 10.8. The van der Waals surface area contributed by atoms with Gasteiger partial charge in [0.05, 0.1) is 16.9 Å². The number of carbonyl (C=O) groups excluding carboxylic acids is 2. The van der Waals surface area contributed by atoms with Gasteiger partial charge in [-0.25, -0.2) is 9.82 Å². The van der Waals surface area contributed by atoms with E-state index in [2.05, 4.69) is 20.8 Å². The molecule has 0 aliphatic carbocycles. The van der Waals surface area contributed by atoms with Crippen LogP contribution >= 0.6 is 11.6 Å². The standard InChI is InChI=1S/C26H20ClFN4O4/c27-19-13-17(10-11-22(19)35-15-24(33)31-21-8-2-1-7-20(21)28)14-30-32-25(34)16-36-23-9-3-5-18-6-4-12-29-26(18)23/h1-14H,15-16H2,(H,31,33)(H,32,34)/b30-14-.